The molecule has 18 heavy (non-hydrogen) atoms. The summed E-state index contributed by atoms with van der Waals surface area (Å²) in [7, 11) is 0. The Bertz CT molecular complexity index is 406. The zero-order valence-corrected chi connectivity index (χ0v) is 10.6. The minimum atomic E-state index is -0.320. The normalized spacial score (nSPS) is 21.1. The molecule has 1 atom stereocenters. The Morgan fingerprint density at radius 2 is 2.50 bits per heavy atom. The van der Waals surface area contributed by atoms with Crippen LogP contribution in [0.2, 0.25) is 0 Å². The third-order valence-electron chi connectivity index (χ3n) is 3.00. The average molecular weight is 253 g/mol. The van der Waals surface area contributed by atoms with Gasteiger partial charge in [0.25, 0.3) is 0 Å². The number of aromatic nitrogens is 2. The molecule has 2 heterocycles. The number of carbonyl (C=O) groups is 1. The maximum absolute atomic E-state index is 11.3. The van der Waals surface area contributed by atoms with Crippen molar-refractivity contribution in [3.63, 3.8) is 0 Å². The molecule has 0 aromatic carbocycles. The predicted octanol–water partition coefficient (Wildman–Crippen LogP) is -0.719. The van der Waals surface area contributed by atoms with Crippen molar-refractivity contribution in [1.82, 2.24) is 20.4 Å². The summed E-state index contributed by atoms with van der Waals surface area (Å²) < 4.78 is 5.12. The topological polar surface area (TPSA) is 97.3 Å². The Balaban J connectivity index is 1.99. The van der Waals surface area contributed by atoms with Gasteiger partial charge in [-0.2, -0.15) is 4.98 Å². The number of piperazine rings is 1. The summed E-state index contributed by atoms with van der Waals surface area (Å²) in [4.78, 5) is 17.6. The molecule has 1 amide bonds. The molecule has 1 aromatic heterocycles. The van der Waals surface area contributed by atoms with E-state index in [-0.39, 0.29) is 11.9 Å². The van der Waals surface area contributed by atoms with Gasteiger partial charge >= 0.3 is 0 Å². The zero-order valence-electron chi connectivity index (χ0n) is 10.6. The average Bonchev–Trinajstić information content (AvgIpc) is 2.77. The molecular formula is C11H19N5O2. The van der Waals surface area contributed by atoms with Crippen molar-refractivity contribution in [1.29, 1.82) is 0 Å². The fourth-order valence-corrected chi connectivity index (χ4v) is 2.07. The molecule has 1 aliphatic rings. The van der Waals surface area contributed by atoms with E-state index in [1.54, 1.807) is 0 Å². The van der Waals surface area contributed by atoms with Gasteiger partial charge in [-0.15, -0.1) is 0 Å². The van der Waals surface area contributed by atoms with Crippen LogP contribution in [0.25, 0.3) is 0 Å². The molecule has 1 saturated heterocycles. The van der Waals surface area contributed by atoms with Gasteiger partial charge in [0.2, 0.25) is 11.8 Å². The van der Waals surface area contributed by atoms with Crippen LogP contribution in [0.1, 0.15) is 25.1 Å². The van der Waals surface area contributed by atoms with Crippen molar-refractivity contribution in [2.24, 2.45) is 5.73 Å². The minimum Gasteiger partial charge on any atom is -0.368 e. The van der Waals surface area contributed by atoms with Crippen LogP contribution in [0.5, 0.6) is 0 Å². The second kappa shape index (κ2) is 5.92. The molecule has 0 radical (unpaired) electrons. The highest BCUT2D eigenvalue weighted by Crippen LogP contribution is 2.09. The lowest BCUT2D eigenvalue weighted by atomic mass is 10.2. The van der Waals surface area contributed by atoms with E-state index in [0.29, 0.717) is 24.8 Å². The smallest absolute Gasteiger partial charge is 0.236 e. The van der Waals surface area contributed by atoms with Gasteiger partial charge in [-0.05, 0) is 6.42 Å². The Kier molecular flexibility index (Phi) is 4.27. The number of nitrogens with one attached hydrogen (secondary N) is 1. The summed E-state index contributed by atoms with van der Waals surface area (Å²) in [6.45, 7) is 4.73. The molecular weight excluding hydrogens is 234 g/mol. The molecule has 0 bridgehead atoms. The quantitative estimate of drug-likeness (QED) is 0.719. The van der Waals surface area contributed by atoms with Gasteiger partial charge < -0.3 is 15.6 Å². The van der Waals surface area contributed by atoms with Crippen LogP contribution in [0.3, 0.4) is 0 Å². The van der Waals surface area contributed by atoms with Crippen LogP contribution in [-0.2, 0) is 17.8 Å². The highest BCUT2D eigenvalue weighted by molar-refractivity contribution is 5.80. The van der Waals surface area contributed by atoms with Crippen LogP contribution < -0.4 is 11.1 Å². The number of hydrogen-bond acceptors (Lipinski definition) is 6. The van der Waals surface area contributed by atoms with Gasteiger partial charge in [0, 0.05) is 26.1 Å². The first-order valence-electron chi connectivity index (χ1n) is 6.26. The van der Waals surface area contributed by atoms with E-state index in [9.17, 15) is 4.79 Å². The highest BCUT2D eigenvalue weighted by atomic mass is 16.5. The van der Waals surface area contributed by atoms with E-state index in [1.807, 2.05) is 4.90 Å². The number of primary amides is 1. The van der Waals surface area contributed by atoms with Crippen LogP contribution >= 0.6 is 0 Å². The monoisotopic (exact) mass is 253 g/mol. The molecule has 0 saturated carbocycles. The first-order chi connectivity index (χ1) is 8.70. The molecule has 7 nitrogen and oxygen atoms in total. The van der Waals surface area contributed by atoms with Gasteiger partial charge in [0.05, 0.1) is 6.54 Å². The van der Waals surface area contributed by atoms with E-state index in [0.717, 1.165) is 25.9 Å². The van der Waals surface area contributed by atoms with Gasteiger partial charge in [-0.3, -0.25) is 9.69 Å². The number of nitrogens with two attached hydrogens (primary N) is 1. The zero-order chi connectivity index (χ0) is 13.0. The van der Waals surface area contributed by atoms with Gasteiger partial charge in [-0.1, -0.05) is 12.1 Å². The van der Waals surface area contributed by atoms with Gasteiger partial charge in [-0.25, -0.2) is 0 Å². The second-order valence-corrected chi connectivity index (χ2v) is 4.45. The molecule has 100 valence electrons. The summed E-state index contributed by atoms with van der Waals surface area (Å²) in [5.41, 5.74) is 5.38. The Labute approximate surface area is 106 Å². The van der Waals surface area contributed by atoms with Crippen LogP contribution in [-0.4, -0.2) is 46.6 Å². The van der Waals surface area contributed by atoms with E-state index >= 15 is 0 Å². The number of rotatable bonds is 5. The van der Waals surface area contributed by atoms with E-state index in [4.69, 9.17) is 10.3 Å². The van der Waals surface area contributed by atoms with Crippen LogP contribution in [0.4, 0.5) is 0 Å². The lowest BCUT2D eigenvalue weighted by Crippen LogP contribution is -2.56. The molecule has 7 heteroatoms. The maximum Gasteiger partial charge on any atom is 0.236 e. The molecule has 3 N–H and O–H groups in total. The number of aryl methyl sites for hydroxylation is 1. The largest absolute Gasteiger partial charge is 0.368 e. The van der Waals surface area contributed by atoms with E-state index in [2.05, 4.69) is 22.4 Å². The third kappa shape index (κ3) is 3.05. The summed E-state index contributed by atoms with van der Waals surface area (Å²) in [5, 5.41) is 7.07. The fraction of sp³-hybridized carbons (Fsp3) is 0.727. The van der Waals surface area contributed by atoms with Crippen molar-refractivity contribution < 1.29 is 9.32 Å². The Hall–Kier alpha value is -1.47. The lowest BCUT2D eigenvalue weighted by molar-refractivity contribution is -0.124. The van der Waals surface area contributed by atoms with Crippen molar-refractivity contribution in [2.45, 2.75) is 32.4 Å². The minimum absolute atomic E-state index is 0.299. The van der Waals surface area contributed by atoms with Crippen LogP contribution in [0, 0.1) is 0 Å². The summed E-state index contributed by atoms with van der Waals surface area (Å²) in [6, 6.07) is -0.299. The van der Waals surface area contributed by atoms with Crippen molar-refractivity contribution in [2.75, 3.05) is 19.6 Å². The summed E-state index contributed by atoms with van der Waals surface area (Å²) >= 11 is 0. The standard InChI is InChI=1S/C11H19N5O2/c1-2-3-10-14-9(15-18-10)7-16-5-4-13-6-8(16)11(12)17/h8,13H,2-7H2,1H3,(H2,12,17). The molecule has 1 fully saturated rings. The van der Waals surface area contributed by atoms with Crippen LogP contribution in [0.15, 0.2) is 4.52 Å². The van der Waals surface area contributed by atoms with Crippen molar-refractivity contribution in [3.05, 3.63) is 11.7 Å². The highest BCUT2D eigenvalue weighted by Gasteiger charge is 2.27. The Morgan fingerprint density at radius 3 is 3.22 bits per heavy atom. The molecule has 0 aliphatic carbocycles. The lowest BCUT2D eigenvalue weighted by Gasteiger charge is -2.32. The first-order valence-corrected chi connectivity index (χ1v) is 6.26. The first kappa shape index (κ1) is 13.0. The van der Waals surface area contributed by atoms with Crippen molar-refractivity contribution >= 4 is 5.91 Å². The second-order valence-electron chi connectivity index (χ2n) is 4.45. The van der Waals surface area contributed by atoms with Gasteiger partial charge in [0.1, 0.15) is 6.04 Å². The van der Waals surface area contributed by atoms with Crippen molar-refractivity contribution in [3.8, 4) is 0 Å². The fourth-order valence-electron chi connectivity index (χ4n) is 2.07. The van der Waals surface area contributed by atoms with E-state index < -0.39 is 0 Å². The molecule has 1 aromatic rings. The Morgan fingerprint density at radius 1 is 1.67 bits per heavy atom. The molecule has 2 rings (SSSR count). The number of carbonyl (C=O) groups excluding carboxylic acids is 1. The third-order valence-corrected chi connectivity index (χ3v) is 3.00. The maximum atomic E-state index is 11.3. The SMILES string of the molecule is CCCc1nc(CN2CCNCC2C(N)=O)no1. The summed E-state index contributed by atoms with van der Waals surface area (Å²) in [5.74, 6) is 0.948. The van der Waals surface area contributed by atoms with Gasteiger partial charge in [0.15, 0.2) is 5.82 Å². The number of amides is 1. The molecule has 0 spiro atoms. The number of hydrogen-bond donors (Lipinski definition) is 2. The predicted molar refractivity (Wildman–Crippen MR) is 64.6 cm³/mol. The number of nitrogens with zero attached hydrogens (tertiary/aromatic N) is 3. The molecule has 1 unspecified atom stereocenters. The van der Waals surface area contributed by atoms with E-state index in [1.165, 1.54) is 0 Å². The summed E-state index contributed by atoms with van der Waals surface area (Å²) in [6.07, 6.45) is 1.76. The molecule has 1 aliphatic heterocycles.